The first-order valence-corrected chi connectivity index (χ1v) is 12.6. The van der Waals surface area contributed by atoms with Gasteiger partial charge < -0.3 is 14.2 Å². The van der Waals surface area contributed by atoms with Crippen LogP contribution in [-0.2, 0) is 35.2 Å². The van der Waals surface area contributed by atoms with E-state index in [1.807, 2.05) is 37.3 Å². The van der Waals surface area contributed by atoms with Crippen LogP contribution in [0.1, 0.15) is 103 Å². The Bertz CT molecular complexity index is 658. The largest absolute Gasteiger partial charge is 0.466 e. The summed E-state index contributed by atoms with van der Waals surface area (Å²) in [6.45, 7) is 4.60. The van der Waals surface area contributed by atoms with Gasteiger partial charge in [-0.1, -0.05) is 102 Å². The average Bonchev–Trinajstić information content (AvgIpc) is 2.82. The standard InChI is InChI=1S/C27H42O6/c1-3-5-7-8-9-10-11-16-20-31-26(29)21-24(33-25(28)19-13-6-4-2)27(30)32-22-23-17-14-12-15-18-23/h12,14-15,17-18,24H,3-11,13,16,19-22H2,1-2H3. The molecule has 1 atom stereocenters. The summed E-state index contributed by atoms with van der Waals surface area (Å²) < 4.78 is 15.9. The molecule has 0 aliphatic heterocycles. The fourth-order valence-electron chi connectivity index (χ4n) is 3.36. The highest BCUT2D eigenvalue weighted by molar-refractivity contribution is 5.84. The topological polar surface area (TPSA) is 78.9 Å². The lowest BCUT2D eigenvalue weighted by Crippen LogP contribution is -2.32. The summed E-state index contributed by atoms with van der Waals surface area (Å²) >= 11 is 0. The van der Waals surface area contributed by atoms with Gasteiger partial charge in [-0.2, -0.15) is 0 Å². The van der Waals surface area contributed by atoms with Gasteiger partial charge in [0.25, 0.3) is 0 Å². The van der Waals surface area contributed by atoms with Crippen LogP contribution in [0.2, 0.25) is 0 Å². The smallest absolute Gasteiger partial charge is 0.348 e. The monoisotopic (exact) mass is 462 g/mol. The van der Waals surface area contributed by atoms with E-state index in [-0.39, 0.29) is 19.4 Å². The van der Waals surface area contributed by atoms with Crippen molar-refractivity contribution in [3.8, 4) is 0 Å². The Labute approximate surface area is 199 Å². The summed E-state index contributed by atoms with van der Waals surface area (Å²) in [4.78, 5) is 36.9. The SMILES string of the molecule is CCCCCCCCCCOC(=O)CC(OC(=O)CCCCC)C(=O)OCc1ccccc1. The van der Waals surface area contributed by atoms with Crippen molar-refractivity contribution in [1.82, 2.24) is 0 Å². The zero-order valence-corrected chi connectivity index (χ0v) is 20.5. The van der Waals surface area contributed by atoms with E-state index in [1.165, 1.54) is 32.1 Å². The van der Waals surface area contributed by atoms with E-state index in [9.17, 15) is 14.4 Å². The average molecular weight is 463 g/mol. The number of ether oxygens (including phenoxy) is 3. The van der Waals surface area contributed by atoms with Gasteiger partial charge in [-0.3, -0.25) is 9.59 Å². The predicted molar refractivity (Wildman–Crippen MR) is 128 cm³/mol. The third-order valence-corrected chi connectivity index (χ3v) is 5.36. The molecule has 0 amide bonds. The van der Waals surface area contributed by atoms with Gasteiger partial charge in [0.1, 0.15) is 6.61 Å². The molecule has 0 saturated heterocycles. The van der Waals surface area contributed by atoms with Crippen molar-refractivity contribution in [2.45, 2.75) is 110 Å². The second kappa shape index (κ2) is 19.1. The Balaban J connectivity index is 2.42. The zero-order valence-electron chi connectivity index (χ0n) is 20.5. The van der Waals surface area contributed by atoms with Crippen molar-refractivity contribution in [1.29, 1.82) is 0 Å². The first-order valence-electron chi connectivity index (χ1n) is 12.6. The Morgan fingerprint density at radius 2 is 1.33 bits per heavy atom. The molecule has 1 aromatic rings. The Morgan fingerprint density at radius 1 is 0.727 bits per heavy atom. The molecule has 1 unspecified atom stereocenters. The first kappa shape index (κ1) is 28.7. The van der Waals surface area contributed by atoms with Crippen molar-refractivity contribution in [2.75, 3.05) is 6.61 Å². The molecule has 6 heteroatoms. The van der Waals surface area contributed by atoms with E-state index < -0.39 is 24.0 Å². The van der Waals surface area contributed by atoms with Crippen LogP contribution in [-0.4, -0.2) is 30.6 Å². The summed E-state index contributed by atoms with van der Waals surface area (Å²) in [6.07, 6.45) is 10.4. The summed E-state index contributed by atoms with van der Waals surface area (Å²) in [7, 11) is 0. The van der Waals surface area contributed by atoms with Gasteiger partial charge in [-0.05, 0) is 18.4 Å². The maximum atomic E-state index is 12.5. The van der Waals surface area contributed by atoms with Crippen LogP contribution in [0.4, 0.5) is 0 Å². The summed E-state index contributed by atoms with van der Waals surface area (Å²) in [5, 5.41) is 0. The maximum Gasteiger partial charge on any atom is 0.348 e. The Hall–Kier alpha value is -2.37. The summed E-state index contributed by atoms with van der Waals surface area (Å²) in [5.74, 6) is -1.78. The van der Waals surface area contributed by atoms with E-state index in [2.05, 4.69) is 6.92 Å². The Kier molecular flexibility index (Phi) is 16.6. The third-order valence-electron chi connectivity index (χ3n) is 5.36. The molecule has 0 heterocycles. The predicted octanol–water partition coefficient (Wildman–Crippen LogP) is 6.30. The molecule has 0 aromatic heterocycles. The van der Waals surface area contributed by atoms with Gasteiger partial charge in [0.15, 0.2) is 0 Å². The Morgan fingerprint density at radius 3 is 2.00 bits per heavy atom. The molecule has 0 aliphatic carbocycles. The molecule has 0 N–H and O–H groups in total. The van der Waals surface area contributed by atoms with E-state index in [0.29, 0.717) is 13.0 Å². The number of esters is 3. The van der Waals surface area contributed by atoms with Gasteiger partial charge in [-0.15, -0.1) is 0 Å². The van der Waals surface area contributed by atoms with Crippen molar-refractivity contribution >= 4 is 17.9 Å². The highest BCUT2D eigenvalue weighted by Crippen LogP contribution is 2.12. The molecule has 1 aromatic carbocycles. The minimum Gasteiger partial charge on any atom is -0.466 e. The first-order chi connectivity index (χ1) is 16.1. The fraction of sp³-hybridized carbons (Fsp3) is 0.667. The van der Waals surface area contributed by atoms with Crippen molar-refractivity contribution in [3.05, 3.63) is 35.9 Å². The number of benzene rings is 1. The van der Waals surface area contributed by atoms with Crippen LogP contribution in [0, 0.1) is 0 Å². The van der Waals surface area contributed by atoms with Crippen LogP contribution in [0.5, 0.6) is 0 Å². The minimum absolute atomic E-state index is 0.0524. The molecule has 0 radical (unpaired) electrons. The third kappa shape index (κ3) is 15.2. The van der Waals surface area contributed by atoms with E-state index in [0.717, 1.165) is 37.7 Å². The lowest BCUT2D eigenvalue weighted by molar-refractivity contribution is -0.172. The van der Waals surface area contributed by atoms with Gasteiger partial charge in [-0.25, -0.2) is 4.79 Å². The highest BCUT2D eigenvalue weighted by atomic mass is 16.6. The quantitative estimate of drug-likeness (QED) is 0.136. The van der Waals surface area contributed by atoms with Gasteiger partial charge in [0.05, 0.1) is 13.0 Å². The molecule has 0 bridgehead atoms. The molecule has 0 aliphatic rings. The molecule has 0 spiro atoms. The number of hydrogen-bond acceptors (Lipinski definition) is 6. The van der Waals surface area contributed by atoms with Crippen LogP contribution in [0.25, 0.3) is 0 Å². The minimum atomic E-state index is -1.28. The summed E-state index contributed by atoms with van der Waals surface area (Å²) in [6, 6.07) is 9.22. The number of carbonyl (C=O) groups is 3. The highest BCUT2D eigenvalue weighted by Gasteiger charge is 2.28. The van der Waals surface area contributed by atoms with E-state index in [1.54, 1.807) is 0 Å². The molecule has 6 nitrogen and oxygen atoms in total. The maximum absolute atomic E-state index is 12.5. The van der Waals surface area contributed by atoms with Gasteiger partial charge in [0, 0.05) is 6.42 Å². The molecule has 1 rings (SSSR count). The second-order valence-corrected chi connectivity index (χ2v) is 8.43. The van der Waals surface area contributed by atoms with Crippen molar-refractivity contribution in [3.63, 3.8) is 0 Å². The van der Waals surface area contributed by atoms with Crippen LogP contribution >= 0.6 is 0 Å². The molecular formula is C27H42O6. The van der Waals surface area contributed by atoms with Crippen molar-refractivity contribution in [2.24, 2.45) is 0 Å². The normalized spacial score (nSPS) is 11.6. The number of carbonyl (C=O) groups excluding carboxylic acids is 3. The van der Waals surface area contributed by atoms with Crippen molar-refractivity contribution < 1.29 is 28.6 Å². The lowest BCUT2D eigenvalue weighted by atomic mass is 10.1. The fourth-order valence-corrected chi connectivity index (χ4v) is 3.36. The molecule has 33 heavy (non-hydrogen) atoms. The summed E-state index contributed by atoms with van der Waals surface area (Å²) in [5.41, 5.74) is 0.816. The van der Waals surface area contributed by atoms with Crippen LogP contribution in [0.15, 0.2) is 30.3 Å². The van der Waals surface area contributed by atoms with Crippen LogP contribution < -0.4 is 0 Å². The van der Waals surface area contributed by atoms with E-state index >= 15 is 0 Å². The van der Waals surface area contributed by atoms with E-state index in [4.69, 9.17) is 14.2 Å². The second-order valence-electron chi connectivity index (χ2n) is 8.43. The molecule has 0 fully saturated rings. The number of hydrogen-bond donors (Lipinski definition) is 0. The molecular weight excluding hydrogens is 420 g/mol. The van der Waals surface area contributed by atoms with Gasteiger partial charge in [0.2, 0.25) is 6.10 Å². The zero-order chi connectivity index (χ0) is 24.2. The lowest BCUT2D eigenvalue weighted by Gasteiger charge is -2.16. The number of unbranched alkanes of at least 4 members (excludes halogenated alkanes) is 9. The molecule has 186 valence electrons. The van der Waals surface area contributed by atoms with Crippen LogP contribution in [0.3, 0.4) is 0 Å². The molecule has 0 saturated carbocycles. The van der Waals surface area contributed by atoms with Gasteiger partial charge >= 0.3 is 17.9 Å². The number of rotatable bonds is 19.